The molecule has 6 heteroatoms. The maximum absolute atomic E-state index is 13.3. The van der Waals surface area contributed by atoms with E-state index in [1.165, 1.54) is 26.1 Å². The van der Waals surface area contributed by atoms with E-state index in [0.29, 0.717) is 35.6 Å². The maximum Gasteiger partial charge on any atom is 0.236 e. The van der Waals surface area contributed by atoms with Gasteiger partial charge in [0.15, 0.2) is 17.1 Å². The minimum absolute atomic E-state index is 0.152. The number of para-hydroxylation sites is 1. The van der Waals surface area contributed by atoms with Gasteiger partial charge in [0.25, 0.3) is 0 Å². The normalized spacial score (nSPS) is 18.2. The first-order valence-corrected chi connectivity index (χ1v) is 8.36. The number of carbonyl (C=O) groups excluding carboxylic acids is 1. The van der Waals surface area contributed by atoms with Crippen LogP contribution in [-0.2, 0) is 11.2 Å². The number of carbonyl (C=O) groups is 1. The second kappa shape index (κ2) is 7.15. The first-order chi connectivity index (χ1) is 12.4. The predicted molar refractivity (Wildman–Crippen MR) is 98.5 cm³/mol. The number of alkyl halides is 1. The Labute approximate surface area is 150 Å². The molecular weight excluding hydrogens is 337 g/mol. The van der Waals surface area contributed by atoms with Crippen molar-refractivity contribution in [1.82, 2.24) is 0 Å². The molecule has 1 aromatic heterocycles. The van der Waals surface area contributed by atoms with E-state index in [-0.39, 0.29) is 17.1 Å². The van der Waals surface area contributed by atoms with Crippen molar-refractivity contribution in [3.05, 3.63) is 46.9 Å². The molecule has 1 unspecified atom stereocenters. The van der Waals surface area contributed by atoms with Gasteiger partial charge in [0.05, 0.1) is 5.57 Å². The number of furan rings is 1. The zero-order valence-corrected chi connectivity index (χ0v) is 14.9. The van der Waals surface area contributed by atoms with Crippen LogP contribution in [0.3, 0.4) is 0 Å². The summed E-state index contributed by atoms with van der Waals surface area (Å²) in [6.45, 7) is 4.88. The number of aliphatic hydroxyl groups excluding tert-OH is 1. The van der Waals surface area contributed by atoms with E-state index in [4.69, 9.17) is 9.15 Å². The van der Waals surface area contributed by atoms with Gasteiger partial charge in [-0.05, 0) is 38.0 Å². The minimum atomic E-state index is -1.47. The lowest BCUT2D eigenvalue weighted by Gasteiger charge is -2.06. The molecule has 0 amide bonds. The molecule has 1 N–H and O–H groups in total. The lowest BCUT2D eigenvalue weighted by atomic mass is 10.0. The van der Waals surface area contributed by atoms with Gasteiger partial charge in [-0.1, -0.05) is 12.1 Å². The van der Waals surface area contributed by atoms with Crippen molar-refractivity contribution in [1.29, 1.82) is 0 Å². The van der Waals surface area contributed by atoms with Gasteiger partial charge in [0, 0.05) is 30.6 Å². The third kappa shape index (κ3) is 3.40. The fourth-order valence-electron chi connectivity index (χ4n) is 3.00. The molecule has 1 atom stereocenters. The van der Waals surface area contributed by atoms with Crippen LogP contribution in [-0.4, -0.2) is 30.0 Å². The van der Waals surface area contributed by atoms with E-state index in [2.05, 4.69) is 4.99 Å². The van der Waals surface area contributed by atoms with Crippen LogP contribution >= 0.6 is 0 Å². The summed E-state index contributed by atoms with van der Waals surface area (Å²) in [7, 11) is 0. The van der Waals surface area contributed by atoms with Crippen LogP contribution in [0.4, 0.5) is 4.39 Å². The molecule has 0 aliphatic carbocycles. The molecule has 1 aliphatic heterocycles. The Balaban J connectivity index is 2.21. The molecule has 3 rings (SSSR count). The molecule has 1 aliphatic rings. The Morgan fingerprint density at radius 3 is 2.88 bits per heavy atom. The number of halogens is 1. The Morgan fingerprint density at radius 1 is 1.42 bits per heavy atom. The Bertz CT molecular complexity index is 950. The second-order valence-corrected chi connectivity index (χ2v) is 6.17. The fourth-order valence-corrected chi connectivity index (χ4v) is 3.00. The van der Waals surface area contributed by atoms with Crippen LogP contribution in [0.2, 0.25) is 0 Å². The highest BCUT2D eigenvalue weighted by Gasteiger charge is 2.20. The number of Topliss-reactive ketones (excluding diaryl/α,β-unsaturated/α-hetero) is 1. The average Bonchev–Trinajstić information content (AvgIpc) is 2.93. The summed E-state index contributed by atoms with van der Waals surface area (Å²) < 4.78 is 24.5. The number of hydrogen-bond acceptors (Lipinski definition) is 5. The summed E-state index contributed by atoms with van der Waals surface area (Å²) in [4.78, 5) is 15.9. The van der Waals surface area contributed by atoms with Crippen LogP contribution in [0.15, 0.2) is 45.0 Å². The number of ether oxygens (including phenoxy) is 1. The van der Waals surface area contributed by atoms with Crippen molar-refractivity contribution in [3.63, 3.8) is 0 Å². The summed E-state index contributed by atoms with van der Waals surface area (Å²) in [6, 6.07) is 5.31. The molecule has 0 saturated carbocycles. The number of ketones is 1. The van der Waals surface area contributed by atoms with Gasteiger partial charge < -0.3 is 14.3 Å². The van der Waals surface area contributed by atoms with Gasteiger partial charge in [0.1, 0.15) is 11.5 Å². The average molecular weight is 357 g/mol. The van der Waals surface area contributed by atoms with E-state index in [1.54, 1.807) is 19.1 Å². The minimum Gasteiger partial charge on any atom is -0.507 e. The number of aliphatic hydroxyl groups is 1. The summed E-state index contributed by atoms with van der Waals surface area (Å²) in [5.74, 6) is 0.448. The third-order valence-electron chi connectivity index (χ3n) is 4.15. The largest absolute Gasteiger partial charge is 0.507 e. The molecule has 26 heavy (non-hydrogen) atoms. The predicted octanol–water partition coefficient (Wildman–Crippen LogP) is 4.56. The number of hydrogen-bond donors (Lipinski definition) is 1. The van der Waals surface area contributed by atoms with Gasteiger partial charge in [0.2, 0.25) is 6.36 Å². The molecular formula is C20H20FNO4. The zero-order valence-electron chi connectivity index (χ0n) is 14.9. The maximum atomic E-state index is 13.3. The molecule has 0 bridgehead atoms. The van der Waals surface area contributed by atoms with Crippen molar-refractivity contribution < 1.29 is 23.4 Å². The van der Waals surface area contributed by atoms with E-state index in [0.717, 1.165) is 10.9 Å². The standard InChI is InChI=1S/C20H20FNO4/c1-11-9-17(24)16(12(2)23)10-22-8-7-15-14-5-4-6-18(25-13(3)21)20(14)26-19(11)15/h4-6,9-10,13,24H,7-8H2,1-3H3/b11-9+,17-16?,22-10?. The van der Waals surface area contributed by atoms with Gasteiger partial charge in [-0.25, -0.2) is 4.39 Å². The van der Waals surface area contributed by atoms with Crippen molar-refractivity contribution in [2.75, 3.05) is 6.54 Å². The number of aliphatic imine (C=N–C) groups is 1. The summed E-state index contributed by atoms with van der Waals surface area (Å²) in [5.41, 5.74) is 2.16. The quantitative estimate of drug-likeness (QED) is 0.874. The monoisotopic (exact) mass is 357 g/mol. The van der Waals surface area contributed by atoms with Crippen molar-refractivity contribution in [2.24, 2.45) is 4.99 Å². The van der Waals surface area contributed by atoms with E-state index in [9.17, 15) is 14.3 Å². The van der Waals surface area contributed by atoms with Crippen LogP contribution in [0.5, 0.6) is 5.75 Å². The van der Waals surface area contributed by atoms with Gasteiger partial charge in [-0.2, -0.15) is 0 Å². The summed E-state index contributed by atoms with van der Waals surface area (Å²) >= 11 is 0. The SMILES string of the molecule is CC(=O)C1=C(O)/C=C(\C)c2oc3c(OC(C)F)cccc3c2CCN=C1. The highest BCUT2D eigenvalue weighted by atomic mass is 19.1. The Kier molecular flexibility index (Phi) is 4.93. The highest BCUT2D eigenvalue weighted by Crippen LogP contribution is 2.37. The lowest BCUT2D eigenvalue weighted by Crippen LogP contribution is -2.05. The molecule has 2 aromatic rings. The smallest absolute Gasteiger partial charge is 0.236 e. The lowest BCUT2D eigenvalue weighted by molar-refractivity contribution is -0.113. The van der Waals surface area contributed by atoms with Crippen LogP contribution in [0, 0.1) is 0 Å². The number of benzene rings is 1. The van der Waals surface area contributed by atoms with E-state index < -0.39 is 6.36 Å². The highest BCUT2D eigenvalue weighted by molar-refractivity contribution is 6.13. The van der Waals surface area contributed by atoms with Crippen LogP contribution in [0.1, 0.15) is 32.1 Å². The van der Waals surface area contributed by atoms with Crippen LogP contribution in [0.25, 0.3) is 16.5 Å². The third-order valence-corrected chi connectivity index (χ3v) is 4.15. The summed E-state index contributed by atoms with van der Waals surface area (Å²) in [6.07, 6.45) is 1.98. The second-order valence-electron chi connectivity index (χ2n) is 6.17. The first-order valence-electron chi connectivity index (χ1n) is 8.36. The molecule has 1 aromatic carbocycles. The molecule has 0 spiro atoms. The Hall–Kier alpha value is -2.89. The van der Waals surface area contributed by atoms with Gasteiger partial charge in [-0.3, -0.25) is 9.79 Å². The number of allylic oxidation sites excluding steroid dienone is 3. The van der Waals surface area contributed by atoms with Gasteiger partial charge in [-0.15, -0.1) is 0 Å². The Morgan fingerprint density at radius 2 is 2.19 bits per heavy atom. The number of rotatable bonds is 3. The fraction of sp³-hybridized carbons (Fsp3) is 0.300. The molecule has 2 heterocycles. The topological polar surface area (TPSA) is 72.0 Å². The van der Waals surface area contributed by atoms with Crippen molar-refractivity contribution in [3.8, 4) is 5.75 Å². The van der Waals surface area contributed by atoms with Crippen molar-refractivity contribution >= 4 is 28.5 Å². The van der Waals surface area contributed by atoms with Crippen molar-refractivity contribution in [2.45, 2.75) is 33.5 Å². The molecule has 5 nitrogen and oxygen atoms in total. The van der Waals surface area contributed by atoms with Crippen LogP contribution < -0.4 is 4.74 Å². The number of nitrogens with zero attached hydrogens (tertiary/aromatic N) is 1. The van der Waals surface area contributed by atoms with E-state index >= 15 is 0 Å². The molecule has 0 radical (unpaired) electrons. The number of fused-ring (bicyclic) bond motifs is 3. The zero-order chi connectivity index (χ0) is 18.8. The summed E-state index contributed by atoms with van der Waals surface area (Å²) in [5, 5.41) is 11.1. The molecule has 0 fully saturated rings. The van der Waals surface area contributed by atoms with Gasteiger partial charge >= 0.3 is 0 Å². The first kappa shape index (κ1) is 17.9. The van der Waals surface area contributed by atoms with E-state index in [1.807, 2.05) is 6.07 Å². The molecule has 0 saturated heterocycles. The molecule has 136 valence electrons.